The molecule has 1 N–H and O–H groups in total. The maximum atomic E-state index is 3.26. The van der Waals surface area contributed by atoms with E-state index < -0.39 is 0 Å². The molecule has 136 valence electrons. The third-order valence-electron chi connectivity index (χ3n) is 5.12. The van der Waals surface area contributed by atoms with Crippen molar-refractivity contribution in [3.63, 3.8) is 0 Å². The Kier molecular flexibility index (Phi) is 7.16. The molecule has 2 aromatic carbocycles. The smallest absolute Gasteiger partial charge is 0.0338 e. The standard InChI is InChI=1S/C24H30N2/c1-25-24-16-14-23(15-17-24)13-12-22-10-8-21(9-11-22)7-3-6-20-26-18-4-2-5-19-26/h8-11,14-17,25H,2-7,18-20H2,1H3. The number of benzene rings is 2. The summed E-state index contributed by atoms with van der Waals surface area (Å²) in [4.78, 5) is 2.63. The normalized spacial score (nSPS) is 14.5. The van der Waals surface area contributed by atoms with Crippen LogP contribution in [-0.2, 0) is 6.42 Å². The molecule has 3 rings (SSSR count). The topological polar surface area (TPSA) is 15.3 Å². The predicted molar refractivity (Wildman–Crippen MR) is 112 cm³/mol. The van der Waals surface area contributed by atoms with Crippen LogP contribution < -0.4 is 5.32 Å². The first-order valence-corrected chi connectivity index (χ1v) is 9.94. The van der Waals surface area contributed by atoms with E-state index in [0.29, 0.717) is 0 Å². The minimum absolute atomic E-state index is 1.05. The van der Waals surface area contributed by atoms with Gasteiger partial charge in [-0.3, -0.25) is 0 Å². The molecule has 0 radical (unpaired) electrons. The van der Waals surface area contributed by atoms with E-state index in [2.05, 4.69) is 70.6 Å². The summed E-state index contributed by atoms with van der Waals surface area (Å²) >= 11 is 0. The molecule has 0 unspecified atom stereocenters. The van der Waals surface area contributed by atoms with E-state index >= 15 is 0 Å². The zero-order chi connectivity index (χ0) is 18.0. The SMILES string of the molecule is CNc1ccc(C#Cc2ccc(CCCCN3CCCCC3)cc2)cc1. The van der Waals surface area contributed by atoms with Gasteiger partial charge in [0.15, 0.2) is 0 Å². The van der Waals surface area contributed by atoms with Crippen molar-refractivity contribution in [2.24, 2.45) is 0 Å². The van der Waals surface area contributed by atoms with Gasteiger partial charge in [-0.15, -0.1) is 0 Å². The van der Waals surface area contributed by atoms with E-state index in [1.807, 2.05) is 7.05 Å². The molecule has 0 bridgehead atoms. The number of hydrogen-bond acceptors (Lipinski definition) is 2. The van der Waals surface area contributed by atoms with Gasteiger partial charge in [-0.1, -0.05) is 30.4 Å². The molecular formula is C24H30N2. The number of hydrogen-bond donors (Lipinski definition) is 1. The van der Waals surface area contributed by atoms with Crippen molar-refractivity contribution >= 4 is 5.69 Å². The highest BCUT2D eigenvalue weighted by Gasteiger charge is 2.08. The molecule has 0 aromatic heterocycles. The molecule has 2 nitrogen and oxygen atoms in total. The first kappa shape index (κ1) is 18.5. The van der Waals surface area contributed by atoms with Gasteiger partial charge in [0.25, 0.3) is 0 Å². The summed E-state index contributed by atoms with van der Waals surface area (Å²) in [6.07, 6.45) is 7.97. The molecule has 26 heavy (non-hydrogen) atoms. The number of nitrogens with one attached hydrogen (secondary N) is 1. The first-order chi connectivity index (χ1) is 12.8. The molecule has 2 heteroatoms. The van der Waals surface area contributed by atoms with Gasteiger partial charge in [0, 0.05) is 23.9 Å². The number of likely N-dealkylation sites (tertiary alicyclic amines) is 1. The van der Waals surface area contributed by atoms with Crippen LogP contribution in [0.3, 0.4) is 0 Å². The Balaban J connectivity index is 1.43. The summed E-state index contributed by atoms with van der Waals surface area (Å²) < 4.78 is 0. The van der Waals surface area contributed by atoms with E-state index in [0.717, 1.165) is 16.8 Å². The van der Waals surface area contributed by atoms with Crippen LogP contribution in [0.5, 0.6) is 0 Å². The summed E-state index contributed by atoms with van der Waals surface area (Å²) in [6, 6.07) is 17.0. The van der Waals surface area contributed by atoms with Gasteiger partial charge in [0.1, 0.15) is 0 Å². The Hall–Kier alpha value is -2.24. The van der Waals surface area contributed by atoms with Crippen molar-refractivity contribution in [3.05, 3.63) is 65.2 Å². The van der Waals surface area contributed by atoms with Gasteiger partial charge in [-0.2, -0.15) is 0 Å². The number of rotatable bonds is 6. The molecule has 1 fully saturated rings. The minimum atomic E-state index is 1.05. The molecule has 0 amide bonds. The molecule has 1 aliphatic rings. The van der Waals surface area contributed by atoms with Crippen molar-refractivity contribution in [1.29, 1.82) is 0 Å². The average Bonchev–Trinajstić information content (AvgIpc) is 2.72. The third-order valence-corrected chi connectivity index (χ3v) is 5.12. The Morgan fingerprint density at radius 1 is 0.808 bits per heavy atom. The highest BCUT2D eigenvalue weighted by Crippen LogP contribution is 2.12. The lowest BCUT2D eigenvalue weighted by Crippen LogP contribution is -2.30. The van der Waals surface area contributed by atoms with Crippen LogP contribution in [0.2, 0.25) is 0 Å². The molecule has 2 aromatic rings. The van der Waals surface area contributed by atoms with Crippen molar-refractivity contribution in [2.45, 2.75) is 38.5 Å². The molecular weight excluding hydrogens is 316 g/mol. The Bertz CT molecular complexity index is 714. The van der Waals surface area contributed by atoms with Gasteiger partial charge >= 0.3 is 0 Å². The van der Waals surface area contributed by atoms with Crippen LogP contribution >= 0.6 is 0 Å². The predicted octanol–water partition coefficient (Wildman–Crippen LogP) is 4.94. The number of unbranched alkanes of at least 4 members (excludes halogenated alkanes) is 1. The first-order valence-electron chi connectivity index (χ1n) is 9.94. The molecule has 1 heterocycles. The van der Waals surface area contributed by atoms with Crippen molar-refractivity contribution in [2.75, 3.05) is 32.0 Å². The van der Waals surface area contributed by atoms with Crippen LogP contribution in [0.4, 0.5) is 5.69 Å². The summed E-state index contributed by atoms with van der Waals surface area (Å²) in [5.74, 6) is 6.50. The lowest BCUT2D eigenvalue weighted by molar-refractivity contribution is 0.225. The van der Waals surface area contributed by atoms with Crippen LogP contribution in [-0.4, -0.2) is 31.6 Å². The summed E-state index contributed by atoms with van der Waals surface area (Å²) in [5, 5.41) is 3.12. The Labute approximate surface area is 158 Å². The maximum absolute atomic E-state index is 3.26. The van der Waals surface area contributed by atoms with Crippen molar-refractivity contribution in [3.8, 4) is 11.8 Å². The fourth-order valence-corrected chi connectivity index (χ4v) is 3.47. The lowest BCUT2D eigenvalue weighted by atomic mass is 10.1. The number of nitrogens with zero attached hydrogens (tertiary/aromatic N) is 1. The second-order valence-corrected chi connectivity index (χ2v) is 7.13. The van der Waals surface area contributed by atoms with Crippen LogP contribution in [0.1, 0.15) is 48.8 Å². The second kappa shape index (κ2) is 10.0. The van der Waals surface area contributed by atoms with Gasteiger partial charge in [0.2, 0.25) is 0 Å². The highest BCUT2D eigenvalue weighted by molar-refractivity contribution is 5.49. The van der Waals surface area contributed by atoms with Gasteiger partial charge in [0.05, 0.1) is 0 Å². The zero-order valence-electron chi connectivity index (χ0n) is 15.9. The largest absolute Gasteiger partial charge is 0.388 e. The van der Waals surface area contributed by atoms with E-state index in [4.69, 9.17) is 0 Å². The van der Waals surface area contributed by atoms with Gasteiger partial charge < -0.3 is 10.2 Å². The van der Waals surface area contributed by atoms with Gasteiger partial charge in [-0.25, -0.2) is 0 Å². The maximum Gasteiger partial charge on any atom is 0.0338 e. The number of piperidine rings is 1. The Morgan fingerprint density at radius 3 is 2.04 bits per heavy atom. The van der Waals surface area contributed by atoms with E-state index in [1.165, 1.54) is 63.7 Å². The summed E-state index contributed by atoms with van der Waals surface area (Å²) in [6.45, 7) is 3.89. The van der Waals surface area contributed by atoms with Crippen LogP contribution in [0.15, 0.2) is 48.5 Å². The van der Waals surface area contributed by atoms with E-state index in [9.17, 15) is 0 Å². The Morgan fingerprint density at radius 2 is 1.42 bits per heavy atom. The van der Waals surface area contributed by atoms with Crippen molar-refractivity contribution < 1.29 is 0 Å². The highest BCUT2D eigenvalue weighted by atomic mass is 15.1. The summed E-state index contributed by atoms with van der Waals surface area (Å²) in [7, 11) is 1.93. The zero-order valence-corrected chi connectivity index (χ0v) is 15.9. The number of anilines is 1. The fourth-order valence-electron chi connectivity index (χ4n) is 3.47. The van der Waals surface area contributed by atoms with Crippen molar-refractivity contribution in [1.82, 2.24) is 4.90 Å². The molecule has 0 saturated carbocycles. The monoisotopic (exact) mass is 346 g/mol. The van der Waals surface area contributed by atoms with Gasteiger partial charge in [-0.05, 0) is 93.7 Å². The lowest BCUT2D eigenvalue weighted by Gasteiger charge is -2.26. The quantitative estimate of drug-likeness (QED) is 0.589. The molecule has 1 aliphatic heterocycles. The van der Waals surface area contributed by atoms with Crippen LogP contribution in [0, 0.1) is 11.8 Å². The molecule has 0 aliphatic carbocycles. The number of aryl methyl sites for hydroxylation is 1. The minimum Gasteiger partial charge on any atom is -0.388 e. The molecule has 0 atom stereocenters. The van der Waals surface area contributed by atoms with E-state index in [-0.39, 0.29) is 0 Å². The third kappa shape index (κ3) is 5.93. The summed E-state index contributed by atoms with van der Waals surface area (Å²) in [5.41, 5.74) is 4.67. The molecule has 0 spiro atoms. The fraction of sp³-hybridized carbons (Fsp3) is 0.417. The second-order valence-electron chi connectivity index (χ2n) is 7.13. The molecule has 1 saturated heterocycles. The average molecular weight is 347 g/mol. The van der Waals surface area contributed by atoms with E-state index in [1.54, 1.807) is 0 Å². The van der Waals surface area contributed by atoms with Crippen LogP contribution in [0.25, 0.3) is 0 Å².